The van der Waals surface area contributed by atoms with Gasteiger partial charge in [-0.2, -0.15) is 0 Å². The SMILES string of the molecule is CC(=O)O[C@H]1[C@@H](C)/C=C/C(C)(C)[C@H](O)C[C@@H](O)/C(C)=C/[C@H]2[C@@H](OC(=O)c3ccccc3)[C@@H](C)C[C@@]21O. The van der Waals surface area contributed by atoms with Crippen LogP contribution < -0.4 is 0 Å². The summed E-state index contributed by atoms with van der Waals surface area (Å²) in [6.45, 7) is 10.5. The van der Waals surface area contributed by atoms with Gasteiger partial charge < -0.3 is 24.8 Å². The standard InChI is InChI=1S/C29H40O7/c1-17-12-13-28(5,6)24(32)15-23(31)18(2)14-22-25(36-27(33)21-10-8-7-9-11-21)19(3)16-29(22,34)26(17)35-20(4)30/h7-14,17,19,22-26,31-32,34H,15-16H2,1-6H3/b13-12+,18-14+/t17-,19-,22-,23+,24+,25-,26-,29+/m0/s1. The van der Waals surface area contributed by atoms with Crippen LogP contribution in [0.25, 0.3) is 0 Å². The Balaban J connectivity index is 2.10. The van der Waals surface area contributed by atoms with Crippen molar-refractivity contribution >= 4 is 11.9 Å². The fraction of sp³-hybridized carbons (Fsp3) is 0.586. The predicted octanol–water partition coefficient (Wildman–Crippen LogP) is 3.82. The first kappa shape index (κ1) is 28.1. The Morgan fingerprint density at radius 1 is 1.06 bits per heavy atom. The fourth-order valence-electron chi connectivity index (χ4n) is 5.46. The van der Waals surface area contributed by atoms with Gasteiger partial charge in [-0.3, -0.25) is 4.79 Å². The third-order valence-electron chi connectivity index (χ3n) is 7.76. The van der Waals surface area contributed by atoms with Crippen LogP contribution in [-0.4, -0.2) is 57.3 Å². The van der Waals surface area contributed by atoms with Crippen LogP contribution in [0.3, 0.4) is 0 Å². The molecule has 3 rings (SSSR count). The molecule has 0 radical (unpaired) electrons. The predicted molar refractivity (Wildman–Crippen MR) is 136 cm³/mol. The first-order valence-corrected chi connectivity index (χ1v) is 12.7. The summed E-state index contributed by atoms with van der Waals surface area (Å²) in [6, 6.07) is 8.63. The van der Waals surface area contributed by atoms with Gasteiger partial charge in [-0.1, -0.05) is 64.1 Å². The minimum absolute atomic E-state index is 0.108. The summed E-state index contributed by atoms with van der Waals surface area (Å²) in [5, 5.41) is 34.0. The number of carbonyl (C=O) groups is 2. The van der Waals surface area contributed by atoms with Crippen molar-refractivity contribution in [3.63, 3.8) is 0 Å². The van der Waals surface area contributed by atoms with Crippen LogP contribution in [0.15, 0.2) is 54.1 Å². The maximum atomic E-state index is 13.0. The van der Waals surface area contributed by atoms with Crippen LogP contribution in [0, 0.1) is 23.2 Å². The average molecular weight is 501 g/mol. The lowest BCUT2D eigenvalue weighted by Gasteiger charge is -2.40. The summed E-state index contributed by atoms with van der Waals surface area (Å²) in [7, 11) is 0. The third-order valence-corrected chi connectivity index (χ3v) is 7.76. The molecule has 0 spiro atoms. The van der Waals surface area contributed by atoms with E-state index < -0.39 is 59.2 Å². The number of esters is 2. The van der Waals surface area contributed by atoms with Gasteiger partial charge in [0.1, 0.15) is 17.8 Å². The second kappa shape index (κ2) is 10.9. The number of carbonyl (C=O) groups excluding carboxylic acids is 2. The molecule has 0 unspecified atom stereocenters. The van der Waals surface area contributed by atoms with E-state index in [9.17, 15) is 24.9 Å². The van der Waals surface area contributed by atoms with Gasteiger partial charge in [-0.25, -0.2) is 4.79 Å². The average Bonchev–Trinajstić information content (AvgIpc) is 3.05. The van der Waals surface area contributed by atoms with Crippen molar-refractivity contribution in [3.8, 4) is 0 Å². The Hall–Kier alpha value is -2.48. The molecule has 2 aliphatic rings. The molecule has 0 amide bonds. The molecule has 36 heavy (non-hydrogen) atoms. The van der Waals surface area contributed by atoms with E-state index in [1.54, 1.807) is 37.3 Å². The fourth-order valence-corrected chi connectivity index (χ4v) is 5.46. The lowest BCUT2D eigenvalue weighted by molar-refractivity contribution is -0.173. The van der Waals surface area contributed by atoms with Crippen LogP contribution in [0.4, 0.5) is 0 Å². The molecule has 0 aromatic heterocycles. The van der Waals surface area contributed by atoms with E-state index in [-0.39, 0.29) is 18.8 Å². The summed E-state index contributed by atoms with van der Waals surface area (Å²) < 4.78 is 11.7. The van der Waals surface area contributed by atoms with Crippen LogP contribution in [0.2, 0.25) is 0 Å². The van der Waals surface area contributed by atoms with E-state index in [2.05, 4.69) is 0 Å². The first-order chi connectivity index (χ1) is 16.8. The zero-order valence-corrected chi connectivity index (χ0v) is 22.0. The van der Waals surface area contributed by atoms with Crippen molar-refractivity contribution < 1.29 is 34.4 Å². The number of benzene rings is 1. The molecule has 2 aliphatic carbocycles. The summed E-state index contributed by atoms with van der Waals surface area (Å²) in [4.78, 5) is 25.1. The molecule has 7 nitrogen and oxygen atoms in total. The number of hydrogen-bond acceptors (Lipinski definition) is 7. The van der Waals surface area contributed by atoms with Crippen LogP contribution in [0.5, 0.6) is 0 Å². The molecule has 0 saturated heterocycles. The highest BCUT2D eigenvalue weighted by molar-refractivity contribution is 5.89. The Labute approximate surface area is 213 Å². The quantitative estimate of drug-likeness (QED) is 0.427. The highest BCUT2D eigenvalue weighted by Crippen LogP contribution is 2.48. The van der Waals surface area contributed by atoms with Gasteiger partial charge in [-0.05, 0) is 37.0 Å². The number of aliphatic hydroxyl groups excluding tert-OH is 2. The minimum atomic E-state index is -1.56. The van der Waals surface area contributed by atoms with E-state index in [4.69, 9.17) is 9.47 Å². The summed E-state index contributed by atoms with van der Waals surface area (Å²) in [5.74, 6) is -2.45. The topological polar surface area (TPSA) is 113 Å². The van der Waals surface area contributed by atoms with E-state index in [1.807, 2.05) is 45.9 Å². The Morgan fingerprint density at radius 3 is 2.31 bits per heavy atom. The largest absolute Gasteiger partial charge is 0.459 e. The first-order valence-electron chi connectivity index (χ1n) is 12.7. The van der Waals surface area contributed by atoms with E-state index in [0.717, 1.165) is 0 Å². The smallest absolute Gasteiger partial charge is 0.338 e. The zero-order chi connectivity index (χ0) is 26.8. The van der Waals surface area contributed by atoms with Crippen LogP contribution >= 0.6 is 0 Å². The molecule has 0 heterocycles. The van der Waals surface area contributed by atoms with Crippen molar-refractivity contribution in [3.05, 3.63) is 59.7 Å². The monoisotopic (exact) mass is 500 g/mol. The molecule has 8 atom stereocenters. The van der Waals surface area contributed by atoms with Crippen molar-refractivity contribution in [1.82, 2.24) is 0 Å². The maximum absolute atomic E-state index is 13.0. The number of rotatable bonds is 3. The normalized spacial score (nSPS) is 38.9. The van der Waals surface area contributed by atoms with Crippen molar-refractivity contribution in [1.29, 1.82) is 0 Å². The van der Waals surface area contributed by atoms with Gasteiger partial charge in [-0.15, -0.1) is 0 Å². The van der Waals surface area contributed by atoms with E-state index in [0.29, 0.717) is 11.1 Å². The molecule has 7 heteroatoms. The number of aliphatic hydroxyl groups is 3. The van der Waals surface area contributed by atoms with Crippen molar-refractivity contribution in [2.24, 2.45) is 23.2 Å². The second-order valence-electron chi connectivity index (χ2n) is 11.2. The molecule has 1 aromatic rings. The molecule has 3 N–H and O–H groups in total. The highest BCUT2D eigenvalue weighted by atomic mass is 16.6. The van der Waals surface area contributed by atoms with Crippen molar-refractivity contribution in [2.75, 3.05) is 0 Å². The minimum Gasteiger partial charge on any atom is -0.459 e. The highest BCUT2D eigenvalue weighted by Gasteiger charge is 2.58. The maximum Gasteiger partial charge on any atom is 0.338 e. The number of hydrogen-bond donors (Lipinski definition) is 3. The van der Waals surface area contributed by atoms with Crippen LogP contribution in [0.1, 0.15) is 64.7 Å². The van der Waals surface area contributed by atoms with Gasteiger partial charge in [0.15, 0.2) is 0 Å². The van der Waals surface area contributed by atoms with Gasteiger partial charge >= 0.3 is 11.9 Å². The molecular formula is C29H40O7. The van der Waals surface area contributed by atoms with Gasteiger partial charge in [0.25, 0.3) is 0 Å². The Bertz CT molecular complexity index is 998. The van der Waals surface area contributed by atoms with Crippen molar-refractivity contribution in [2.45, 2.75) is 84.4 Å². The second-order valence-corrected chi connectivity index (χ2v) is 11.2. The summed E-state index contributed by atoms with van der Waals surface area (Å²) >= 11 is 0. The van der Waals surface area contributed by atoms with Gasteiger partial charge in [0.05, 0.1) is 17.8 Å². The Morgan fingerprint density at radius 2 is 1.69 bits per heavy atom. The molecule has 198 valence electrons. The van der Waals surface area contributed by atoms with E-state index in [1.165, 1.54) is 6.92 Å². The molecule has 1 saturated carbocycles. The number of fused-ring (bicyclic) bond motifs is 1. The Kier molecular flexibility index (Phi) is 8.48. The lowest BCUT2D eigenvalue weighted by atomic mass is 9.75. The molecule has 1 aromatic carbocycles. The summed E-state index contributed by atoms with van der Waals surface area (Å²) in [5.41, 5.74) is -1.28. The molecular weight excluding hydrogens is 460 g/mol. The zero-order valence-electron chi connectivity index (χ0n) is 22.0. The number of ether oxygens (including phenoxy) is 2. The summed E-state index contributed by atoms with van der Waals surface area (Å²) in [6.07, 6.45) is 2.28. The third kappa shape index (κ3) is 5.90. The van der Waals surface area contributed by atoms with E-state index >= 15 is 0 Å². The van der Waals surface area contributed by atoms with Gasteiger partial charge in [0, 0.05) is 30.6 Å². The molecule has 0 bridgehead atoms. The lowest BCUT2D eigenvalue weighted by Crippen LogP contribution is -2.52. The molecule has 0 aliphatic heterocycles. The molecule has 1 fully saturated rings. The van der Waals surface area contributed by atoms with Crippen LogP contribution in [-0.2, 0) is 14.3 Å². The van der Waals surface area contributed by atoms with Gasteiger partial charge in [0.2, 0.25) is 0 Å².